The van der Waals surface area contributed by atoms with E-state index in [9.17, 15) is 14.7 Å². The Hall–Kier alpha value is -4.26. The van der Waals surface area contributed by atoms with Gasteiger partial charge in [0.2, 0.25) is 0 Å². The molecule has 0 atom stereocenters. The van der Waals surface area contributed by atoms with Crippen molar-refractivity contribution in [3.05, 3.63) is 88.7 Å². The van der Waals surface area contributed by atoms with Gasteiger partial charge in [-0.1, -0.05) is 42.5 Å². The number of phenols is 1. The van der Waals surface area contributed by atoms with Crippen molar-refractivity contribution in [2.24, 2.45) is 10.2 Å². The van der Waals surface area contributed by atoms with Gasteiger partial charge in [0.1, 0.15) is 17.1 Å². The number of rotatable bonds is 2. The molecule has 2 heterocycles. The molecule has 0 aliphatic carbocycles. The molecule has 7 nitrogen and oxygen atoms in total. The molecule has 0 bridgehead atoms. The number of phenolic OH excluding ortho intramolecular Hbond substituents is 1. The number of H-pyrrole nitrogens is 1. The summed E-state index contributed by atoms with van der Waals surface area (Å²) in [6.07, 6.45) is 0. The van der Waals surface area contributed by atoms with Crippen LogP contribution in [0.2, 0.25) is 0 Å². The fourth-order valence-electron chi connectivity index (χ4n) is 3.48. The molecule has 0 saturated heterocycles. The number of carbonyl (C=O) groups excluding carboxylic acids is 1. The van der Waals surface area contributed by atoms with E-state index in [0.29, 0.717) is 33.1 Å². The van der Waals surface area contributed by atoms with Gasteiger partial charge in [0, 0.05) is 5.39 Å². The number of aromatic nitrogens is 2. The minimum atomic E-state index is -0.672. The molecule has 140 valence electrons. The summed E-state index contributed by atoms with van der Waals surface area (Å²) in [5.74, 6) is -0.836. The molecule has 1 amide bonds. The fourth-order valence-corrected chi connectivity index (χ4v) is 3.48. The van der Waals surface area contributed by atoms with Crippen molar-refractivity contribution in [3.63, 3.8) is 0 Å². The average molecular weight is 382 g/mol. The minimum absolute atomic E-state index is 0.0583. The topological polar surface area (TPSA) is 99.3 Å². The lowest BCUT2D eigenvalue weighted by Crippen LogP contribution is -2.13. The maximum Gasteiger partial charge on any atom is 0.299 e. The molecule has 0 aliphatic rings. The third-order valence-corrected chi connectivity index (χ3v) is 4.84. The first-order chi connectivity index (χ1) is 14.1. The van der Waals surface area contributed by atoms with Crippen LogP contribution in [-0.4, -0.2) is 20.4 Å². The summed E-state index contributed by atoms with van der Waals surface area (Å²) >= 11 is 0. The number of carbonyl (C=O) groups is 1. The van der Waals surface area contributed by atoms with Crippen molar-refractivity contribution >= 4 is 39.0 Å². The van der Waals surface area contributed by atoms with Gasteiger partial charge in [-0.25, -0.2) is 0 Å². The molecule has 7 heteroatoms. The van der Waals surface area contributed by atoms with E-state index in [4.69, 9.17) is 0 Å². The highest BCUT2D eigenvalue weighted by Gasteiger charge is 2.17. The van der Waals surface area contributed by atoms with Gasteiger partial charge in [0.05, 0.1) is 22.0 Å². The van der Waals surface area contributed by atoms with Crippen molar-refractivity contribution in [2.45, 2.75) is 0 Å². The zero-order valence-corrected chi connectivity index (χ0v) is 15.0. The number of nitrogens with one attached hydrogen (secondary N) is 1. The number of benzene rings is 3. The van der Waals surface area contributed by atoms with Gasteiger partial charge in [0.25, 0.3) is 11.5 Å². The van der Waals surface area contributed by atoms with E-state index in [0.717, 1.165) is 0 Å². The van der Waals surface area contributed by atoms with E-state index in [2.05, 4.69) is 15.2 Å². The Balaban J connectivity index is 1.78. The minimum Gasteiger partial charge on any atom is -0.507 e. The third kappa shape index (κ3) is 2.60. The Morgan fingerprint density at radius 3 is 2.41 bits per heavy atom. The smallest absolute Gasteiger partial charge is 0.299 e. The number of azo groups is 1. The van der Waals surface area contributed by atoms with Crippen molar-refractivity contribution in [2.75, 3.05) is 0 Å². The van der Waals surface area contributed by atoms with Crippen LogP contribution in [0, 0.1) is 0 Å². The molecule has 0 radical (unpaired) electrons. The van der Waals surface area contributed by atoms with Gasteiger partial charge >= 0.3 is 0 Å². The quantitative estimate of drug-likeness (QED) is 0.438. The van der Waals surface area contributed by atoms with Crippen LogP contribution in [-0.2, 0) is 0 Å². The summed E-state index contributed by atoms with van der Waals surface area (Å²) in [5.41, 5.74) is 2.03. The second-order valence-corrected chi connectivity index (χ2v) is 6.55. The second kappa shape index (κ2) is 6.42. The summed E-state index contributed by atoms with van der Waals surface area (Å²) in [5, 5.41) is 19.1. The normalized spacial score (nSPS) is 11.7. The number of amides is 1. The van der Waals surface area contributed by atoms with E-state index in [-0.39, 0.29) is 16.9 Å². The van der Waals surface area contributed by atoms with Gasteiger partial charge in [-0.2, -0.15) is 0 Å². The molecule has 0 fully saturated rings. The predicted octanol–water partition coefficient (Wildman–Crippen LogP) is 4.56. The first kappa shape index (κ1) is 16.9. The van der Waals surface area contributed by atoms with Crippen LogP contribution in [0.5, 0.6) is 5.75 Å². The maximum atomic E-state index is 13.1. The monoisotopic (exact) mass is 382 g/mol. The Labute approximate surface area is 163 Å². The van der Waals surface area contributed by atoms with Gasteiger partial charge in [-0.05, 0) is 30.3 Å². The predicted molar refractivity (Wildman–Crippen MR) is 110 cm³/mol. The van der Waals surface area contributed by atoms with Gasteiger partial charge in [-0.3, -0.25) is 14.0 Å². The summed E-state index contributed by atoms with van der Waals surface area (Å²) < 4.78 is 1.54. The largest absolute Gasteiger partial charge is 0.507 e. The highest BCUT2D eigenvalue weighted by molar-refractivity contribution is 6.02. The third-order valence-electron chi connectivity index (χ3n) is 4.84. The zero-order chi connectivity index (χ0) is 20.0. The molecule has 3 aromatic carbocycles. The molecule has 2 aromatic heterocycles. The highest BCUT2D eigenvalue weighted by atomic mass is 16.3. The van der Waals surface area contributed by atoms with Crippen LogP contribution in [0.1, 0.15) is 10.4 Å². The fraction of sp³-hybridized carbons (Fsp3) is 0. The number of para-hydroxylation sites is 3. The lowest BCUT2D eigenvalue weighted by atomic mass is 10.2. The molecule has 0 aliphatic heterocycles. The summed E-state index contributed by atoms with van der Waals surface area (Å²) in [6.45, 7) is 0. The van der Waals surface area contributed by atoms with E-state index < -0.39 is 5.91 Å². The Morgan fingerprint density at radius 1 is 0.897 bits per heavy atom. The number of aromatic amines is 1. The number of hydrogen-bond acceptors (Lipinski definition) is 4. The summed E-state index contributed by atoms with van der Waals surface area (Å²) in [4.78, 5) is 28.7. The van der Waals surface area contributed by atoms with Crippen LogP contribution < -0.4 is 5.56 Å². The average Bonchev–Trinajstić information content (AvgIpc) is 3.06. The van der Waals surface area contributed by atoms with Crippen molar-refractivity contribution < 1.29 is 9.90 Å². The van der Waals surface area contributed by atoms with Crippen molar-refractivity contribution in [1.29, 1.82) is 0 Å². The Kier molecular flexibility index (Phi) is 3.74. The SMILES string of the molecule is O=C(N=Nc1c2ccccc2n2c(=O)c3ccccc3[nH]c12)c1ccccc1O. The number of aromatic hydroxyl groups is 1. The van der Waals surface area contributed by atoms with E-state index in [1.54, 1.807) is 24.3 Å². The van der Waals surface area contributed by atoms with Crippen LogP contribution in [0.4, 0.5) is 5.69 Å². The zero-order valence-electron chi connectivity index (χ0n) is 15.0. The Morgan fingerprint density at radius 2 is 1.59 bits per heavy atom. The Bertz CT molecular complexity index is 1510. The maximum absolute atomic E-state index is 13.1. The summed E-state index contributed by atoms with van der Waals surface area (Å²) in [7, 11) is 0. The van der Waals surface area contributed by atoms with Gasteiger partial charge in [0.15, 0.2) is 0 Å². The van der Waals surface area contributed by atoms with E-state index >= 15 is 0 Å². The van der Waals surface area contributed by atoms with Crippen LogP contribution in [0.3, 0.4) is 0 Å². The molecule has 0 unspecified atom stereocenters. The van der Waals surface area contributed by atoms with E-state index in [1.165, 1.54) is 16.5 Å². The van der Waals surface area contributed by atoms with Crippen molar-refractivity contribution in [3.8, 4) is 5.75 Å². The van der Waals surface area contributed by atoms with Crippen LogP contribution >= 0.6 is 0 Å². The van der Waals surface area contributed by atoms with Gasteiger partial charge in [-0.15, -0.1) is 10.2 Å². The highest BCUT2D eigenvalue weighted by Crippen LogP contribution is 2.33. The molecule has 0 spiro atoms. The molecule has 5 aromatic rings. The number of hydrogen-bond donors (Lipinski definition) is 2. The number of nitrogens with zero attached hydrogens (tertiary/aromatic N) is 3. The van der Waals surface area contributed by atoms with Crippen LogP contribution in [0.15, 0.2) is 87.8 Å². The molecular weight excluding hydrogens is 368 g/mol. The molecular formula is C22H14N4O3. The standard InChI is InChI=1S/C22H14N4O3/c27-18-12-6-3-9-15(18)21(28)25-24-19-14-8-2-5-11-17(14)26-20(19)23-16-10-4-1-7-13(16)22(26)29/h1-12,23,27H. The summed E-state index contributed by atoms with van der Waals surface area (Å²) in [6, 6.07) is 20.6. The van der Waals surface area contributed by atoms with E-state index in [1.807, 2.05) is 36.4 Å². The molecule has 5 rings (SSSR count). The lowest BCUT2D eigenvalue weighted by molar-refractivity contribution is 0.0992. The molecule has 0 saturated carbocycles. The van der Waals surface area contributed by atoms with Gasteiger partial charge < -0.3 is 10.1 Å². The lowest BCUT2D eigenvalue weighted by Gasteiger charge is -2.01. The molecule has 29 heavy (non-hydrogen) atoms. The van der Waals surface area contributed by atoms with Crippen molar-refractivity contribution in [1.82, 2.24) is 9.38 Å². The first-order valence-electron chi connectivity index (χ1n) is 8.93. The second-order valence-electron chi connectivity index (χ2n) is 6.55. The first-order valence-corrected chi connectivity index (χ1v) is 8.93. The van der Waals surface area contributed by atoms with Crippen LogP contribution in [0.25, 0.3) is 27.5 Å². The number of fused-ring (bicyclic) bond motifs is 4. The molecule has 2 N–H and O–H groups in total.